The van der Waals surface area contributed by atoms with Gasteiger partial charge in [0.05, 0.1) is 5.02 Å². The maximum atomic E-state index is 9.45. The molecule has 5 heteroatoms. The number of phenolic OH excluding ortho intramolecular Hbond substituents is 1. The highest BCUT2D eigenvalue weighted by molar-refractivity contribution is 6.32. The lowest BCUT2D eigenvalue weighted by Crippen LogP contribution is -1.99. The minimum Gasteiger partial charge on any atom is -0.508 e. The number of aromatic nitrogens is 3. The first-order valence-corrected chi connectivity index (χ1v) is 5.43. The van der Waals surface area contributed by atoms with Crippen molar-refractivity contribution in [2.75, 3.05) is 0 Å². The third-order valence-corrected chi connectivity index (χ3v) is 2.75. The van der Waals surface area contributed by atoms with Gasteiger partial charge in [0.1, 0.15) is 22.5 Å². The second kappa shape index (κ2) is 3.75. The van der Waals surface area contributed by atoms with Gasteiger partial charge >= 0.3 is 0 Å². The molecule has 0 unspecified atom stereocenters. The fourth-order valence-corrected chi connectivity index (χ4v) is 1.81. The molecule has 1 N–H and O–H groups in total. The monoisotopic (exact) mass is 245 g/mol. The Balaban J connectivity index is 2.23. The number of aromatic hydroxyl groups is 1. The maximum Gasteiger partial charge on any atom is 0.117 e. The first-order valence-electron chi connectivity index (χ1n) is 5.05. The van der Waals surface area contributed by atoms with Crippen LogP contribution in [0.4, 0.5) is 0 Å². The van der Waals surface area contributed by atoms with Gasteiger partial charge in [-0.25, -0.2) is 0 Å². The van der Waals surface area contributed by atoms with Crippen LogP contribution in [0.1, 0.15) is 0 Å². The van der Waals surface area contributed by atoms with E-state index < -0.39 is 0 Å². The quantitative estimate of drug-likeness (QED) is 0.717. The summed E-state index contributed by atoms with van der Waals surface area (Å²) in [5.74, 6) is 0.130. The molecule has 0 saturated heterocycles. The van der Waals surface area contributed by atoms with Crippen molar-refractivity contribution < 1.29 is 5.11 Å². The fourth-order valence-electron chi connectivity index (χ4n) is 1.62. The van der Waals surface area contributed by atoms with Gasteiger partial charge in [-0.05, 0) is 24.3 Å². The van der Waals surface area contributed by atoms with Crippen molar-refractivity contribution in [1.29, 1.82) is 0 Å². The lowest BCUT2D eigenvalue weighted by Gasteiger charge is -2.02. The second-order valence-electron chi connectivity index (χ2n) is 3.61. The van der Waals surface area contributed by atoms with E-state index in [1.165, 1.54) is 16.9 Å². The van der Waals surface area contributed by atoms with Crippen molar-refractivity contribution in [2.24, 2.45) is 0 Å². The topological polar surface area (TPSA) is 50.9 Å². The number of halogens is 1. The number of fused-ring (bicyclic) bond motifs is 1. The van der Waals surface area contributed by atoms with Crippen LogP contribution in [-0.4, -0.2) is 20.1 Å². The number of hydrogen-bond donors (Lipinski definition) is 1. The van der Waals surface area contributed by atoms with Crippen molar-refractivity contribution in [1.82, 2.24) is 15.0 Å². The highest BCUT2D eigenvalue weighted by Gasteiger charge is 2.08. The van der Waals surface area contributed by atoms with Gasteiger partial charge in [0, 0.05) is 6.07 Å². The summed E-state index contributed by atoms with van der Waals surface area (Å²) in [5.41, 5.74) is 2.13. The Morgan fingerprint density at radius 3 is 2.29 bits per heavy atom. The number of nitrogens with zero attached hydrogens (tertiary/aromatic N) is 3. The van der Waals surface area contributed by atoms with Crippen molar-refractivity contribution in [2.45, 2.75) is 0 Å². The third-order valence-electron chi connectivity index (χ3n) is 2.43. The van der Waals surface area contributed by atoms with E-state index in [0.29, 0.717) is 10.7 Å². The predicted octanol–water partition coefficient (Wildman–Crippen LogP) is 2.78. The van der Waals surface area contributed by atoms with Crippen LogP contribution in [0.15, 0.2) is 42.5 Å². The van der Waals surface area contributed by atoms with Crippen LogP contribution in [0.2, 0.25) is 5.02 Å². The first-order chi connectivity index (χ1) is 8.24. The van der Waals surface area contributed by atoms with E-state index in [9.17, 15) is 5.11 Å². The molecule has 4 nitrogen and oxygen atoms in total. The average Bonchev–Trinajstić information content (AvgIpc) is 2.75. The molecule has 0 aliphatic heterocycles. The normalized spacial score (nSPS) is 10.9. The number of hydrogen-bond acceptors (Lipinski definition) is 3. The van der Waals surface area contributed by atoms with Crippen LogP contribution < -0.4 is 0 Å². The Morgan fingerprint density at radius 2 is 1.65 bits per heavy atom. The van der Waals surface area contributed by atoms with E-state index in [0.717, 1.165) is 11.0 Å². The summed E-state index contributed by atoms with van der Waals surface area (Å²) in [4.78, 5) is 1.42. The van der Waals surface area contributed by atoms with E-state index in [1.807, 2.05) is 24.3 Å². The number of rotatable bonds is 1. The van der Waals surface area contributed by atoms with E-state index in [-0.39, 0.29) is 5.75 Å². The summed E-state index contributed by atoms with van der Waals surface area (Å²) >= 11 is 6.05. The van der Waals surface area contributed by atoms with Gasteiger partial charge in [-0.3, -0.25) is 0 Å². The standard InChI is InChI=1S/C12H8ClN3O/c13-9-6-5-8(17)7-12(9)16-14-10-3-1-2-4-11(10)15-16/h1-7,17H. The minimum atomic E-state index is 0.130. The molecule has 3 rings (SSSR count). The molecular formula is C12H8ClN3O. The molecule has 0 bridgehead atoms. The van der Waals surface area contributed by atoms with Crippen LogP contribution >= 0.6 is 11.6 Å². The molecule has 3 aromatic rings. The van der Waals surface area contributed by atoms with Crippen LogP contribution in [0.5, 0.6) is 5.75 Å². The maximum absolute atomic E-state index is 9.45. The zero-order valence-electron chi connectivity index (χ0n) is 8.71. The second-order valence-corrected chi connectivity index (χ2v) is 4.02. The van der Waals surface area contributed by atoms with E-state index >= 15 is 0 Å². The molecule has 0 saturated carbocycles. The molecule has 0 aliphatic carbocycles. The third kappa shape index (κ3) is 1.72. The van der Waals surface area contributed by atoms with Gasteiger partial charge in [0.25, 0.3) is 0 Å². The van der Waals surface area contributed by atoms with Crippen molar-refractivity contribution in [3.05, 3.63) is 47.5 Å². The van der Waals surface area contributed by atoms with Gasteiger partial charge < -0.3 is 5.11 Å². The van der Waals surface area contributed by atoms with Gasteiger partial charge in [0.2, 0.25) is 0 Å². The first kappa shape index (κ1) is 10.1. The number of benzene rings is 2. The Morgan fingerprint density at radius 1 is 1.00 bits per heavy atom. The van der Waals surface area contributed by atoms with Crippen LogP contribution in [0.25, 0.3) is 16.7 Å². The smallest absolute Gasteiger partial charge is 0.117 e. The molecule has 0 radical (unpaired) electrons. The zero-order chi connectivity index (χ0) is 11.8. The molecule has 0 aliphatic rings. The van der Waals surface area contributed by atoms with Gasteiger partial charge in [-0.1, -0.05) is 23.7 Å². The van der Waals surface area contributed by atoms with Crippen LogP contribution in [-0.2, 0) is 0 Å². The summed E-state index contributed by atoms with van der Waals surface area (Å²) < 4.78 is 0. The summed E-state index contributed by atoms with van der Waals surface area (Å²) in [5, 5.41) is 18.5. The minimum absolute atomic E-state index is 0.130. The average molecular weight is 246 g/mol. The Labute approximate surface area is 102 Å². The van der Waals surface area contributed by atoms with Crippen molar-refractivity contribution in [3.8, 4) is 11.4 Å². The molecule has 0 spiro atoms. The van der Waals surface area contributed by atoms with Gasteiger partial charge in [-0.15, -0.1) is 15.0 Å². The van der Waals surface area contributed by atoms with Crippen molar-refractivity contribution in [3.63, 3.8) is 0 Å². The van der Waals surface area contributed by atoms with E-state index in [1.54, 1.807) is 6.07 Å². The highest BCUT2D eigenvalue weighted by Crippen LogP contribution is 2.24. The largest absolute Gasteiger partial charge is 0.508 e. The molecule has 1 heterocycles. The molecule has 0 atom stereocenters. The molecule has 84 valence electrons. The van der Waals surface area contributed by atoms with Gasteiger partial charge in [0.15, 0.2) is 0 Å². The van der Waals surface area contributed by atoms with Gasteiger partial charge in [-0.2, -0.15) is 0 Å². The molecule has 0 amide bonds. The molecule has 1 aromatic heterocycles. The Hall–Kier alpha value is -2.07. The zero-order valence-corrected chi connectivity index (χ0v) is 9.46. The molecular weight excluding hydrogens is 238 g/mol. The van der Waals surface area contributed by atoms with Crippen LogP contribution in [0.3, 0.4) is 0 Å². The summed E-state index contributed by atoms with van der Waals surface area (Å²) in [6.45, 7) is 0. The molecule has 2 aromatic carbocycles. The Bertz CT molecular complexity index is 660. The highest BCUT2D eigenvalue weighted by atomic mass is 35.5. The fraction of sp³-hybridized carbons (Fsp3) is 0. The lowest BCUT2D eigenvalue weighted by molar-refractivity contribution is 0.474. The Kier molecular flexibility index (Phi) is 2.23. The lowest BCUT2D eigenvalue weighted by atomic mass is 10.3. The summed E-state index contributed by atoms with van der Waals surface area (Å²) in [7, 11) is 0. The SMILES string of the molecule is Oc1ccc(Cl)c(-n2nc3ccccc3n2)c1. The number of phenols is 1. The summed E-state index contributed by atoms with van der Waals surface area (Å²) in [6, 6.07) is 12.2. The molecule has 17 heavy (non-hydrogen) atoms. The van der Waals surface area contributed by atoms with Crippen molar-refractivity contribution >= 4 is 22.6 Å². The van der Waals surface area contributed by atoms with E-state index in [4.69, 9.17) is 11.6 Å². The van der Waals surface area contributed by atoms with E-state index in [2.05, 4.69) is 10.2 Å². The molecule has 0 fully saturated rings. The summed E-state index contributed by atoms with van der Waals surface area (Å²) in [6.07, 6.45) is 0. The van der Waals surface area contributed by atoms with Crippen LogP contribution in [0, 0.1) is 0 Å². The predicted molar refractivity (Wildman–Crippen MR) is 65.5 cm³/mol.